The fourth-order valence-corrected chi connectivity index (χ4v) is 2.07. The number of carbonyl (C=O) groups is 3. The molecule has 14 heavy (non-hydrogen) atoms. The summed E-state index contributed by atoms with van der Waals surface area (Å²) < 4.78 is 0. The Morgan fingerprint density at radius 1 is 1.64 bits per heavy atom. The molecule has 76 valence electrons. The van der Waals surface area contributed by atoms with Crippen molar-refractivity contribution in [3.63, 3.8) is 0 Å². The van der Waals surface area contributed by atoms with Crippen LogP contribution in [-0.4, -0.2) is 38.9 Å². The average molecular weight is 215 g/mol. The topological polar surface area (TPSA) is 74.7 Å². The van der Waals surface area contributed by atoms with E-state index in [9.17, 15) is 14.4 Å². The van der Waals surface area contributed by atoms with Crippen LogP contribution >= 0.6 is 11.8 Å². The quantitative estimate of drug-likeness (QED) is 0.699. The molecular formula is C8H9NO4S. The molecule has 0 radical (unpaired) electrons. The Balaban J connectivity index is 2.68. The first-order valence-corrected chi connectivity index (χ1v) is 4.79. The molecule has 1 saturated heterocycles. The summed E-state index contributed by atoms with van der Waals surface area (Å²) >= 11 is 0.759. The van der Waals surface area contributed by atoms with E-state index in [1.54, 1.807) is 0 Å². The zero-order chi connectivity index (χ0) is 10.7. The molecule has 0 aromatic heterocycles. The van der Waals surface area contributed by atoms with Gasteiger partial charge in [0.25, 0.3) is 5.24 Å². The number of hydrogen-bond donors (Lipinski definition) is 1. The van der Waals surface area contributed by atoms with Gasteiger partial charge in [0, 0.05) is 6.54 Å². The van der Waals surface area contributed by atoms with E-state index in [1.165, 1.54) is 6.08 Å². The number of aliphatic carboxylic acids is 1. The highest BCUT2D eigenvalue weighted by atomic mass is 32.2. The number of hydrogen-bond acceptors (Lipinski definition) is 4. The third-order valence-corrected chi connectivity index (χ3v) is 2.75. The molecule has 0 bridgehead atoms. The summed E-state index contributed by atoms with van der Waals surface area (Å²) in [6.07, 6.45) is 1.11. The van der Waals surface area contributed by atoms with E-state index in [-0.39, 0.29) is 13.0 Å². The first kappa shape index (κ1) is 10.8. The molecule has 1 atom stereocenters. The fourth-order valence-electron chi connectivity index (χ4n) is 1.08. The average Bonchev–Trinajstić information content (AvgIpc) is 2.32. The van der Waals surface area contributed by atoms with E-state index in [4.69, 9.17) is 5.11 Å². The molecule has 2 amide bonds. The summed E-state index contributed by atoms with van der Waals surface area (Å²) in [6.45, 7) is 3.55. The van der Waals surface area contributed by atoms with Gasteiger partial charge in [-0.15, -0.1) is 6.58 Å². The molecule has 1 rings (SSSR count). The Morgan fingerprint density at radius 2 is 2.29 bits per heavy atom. The monoisotopic (exact) mass is 215 g/mol. The predicted molar refractivity (Wildman–Crippen MR) is 50.9 cm³/mol. The summed E-state index contributed by atoms with van der Waals surface area (Å²) in [5, 5.41) is 7.30. The molecule has 1 aliphatic heterocycles. The maximum Gasteiger partial charge on any atom is 0.305 e. The number of rotatable bonds is 4. The number of carboxylic acids is 1. The molecule has 5 nitrogen and oxygen atoms in total. The van der Waals surface area contributed by atoms with Crippen LogP contribution in [0.25, 0.3) is 0 Å². The van der Waals surface area contributed by atoms with Gasteiger partial charge in [-0.05, 0) is 0 Å². The van der Waals surface area contributed by atoms with Gasteiger partial charge in [-0.25, -0.2) is 0 Å². The normalized spacial score (nSPS) is 21.4. The van der Waals surface area contributed by atoms with Gasteiger partial charge in [-0.3, -0.25) is 19.3 Å². The minimum Gasteiger partial charge on any atom is -0.481 e. The van der Waals surface area contributed by atoms with E-state index in [1.807, 2.05) is 0 Å². The Morgan fingerprint density at radius 3 is 2.79 bits per heavy atom. The second-order valence-corrected chi connectivity index (χ2v) is 3.86. The van der Waals surface area contributed by atoms with Gasteiger partial charge < -0.3 is 5.11 Å². The largest absolute Gasteiger partial charge is 0.481 e. The van der Waals surface area contributed by atoms with Crippen molar-refractivity contribution in [2.24, 2.45) is 0 Å². The van der Waals surface area contributed by atoms with Gasteiger partial charge in [0.2, 0.25) is 5.91 Å². The maximum atomic E-state index is 11.4. The Labute approximate surface area is 84.8 Å². The number of imide groups is 1. The van der Waals surface area contributed by atoms with Crippen molar-refractivity contribution < 1.29 is 19.5 Å². The lowest BCUT2D eigenvalue weighted by molar-refractivity contribution is -0.139. The first-order chi connectivity index (χ1) is 6.56. The van der Waals surface area contributed by atoms with Gasteiger partial charge in [-0.1, -0.05) is 17.8 Å². The van der Waals surface area contributed by atoms with Gasteiger partial charge >= 0.3 is 5.97 Å². The Bertz CT molecular complexity index is 302. The molecular weight excluding hydrogens is 206 g/mol. The van der Waals surface area contributed by atoms with Gasteiger partial charge in [0.05, 0.1) is 6.42 Å². The van der Waals surface area contributed by atoms with Crippen LogP contribution in [0.2, 0.25) is 0 Å². The number of carbonyl (C=O) groups excluding carboxylic acids is 2. The predicted octanol–water partition coefficient (Wildman–Crippen LogP) is 0.711. The van der Waals surface area contributed by atoms with Crippen LogP contribution in [0, 0.1) is 0 Å². The molecule has 0 spiro atoms. The molecule has 0 aromatic rings. The number of thioether (sulfide) groups is 1. The van der Waals surface area contributed by atoms with Crippen LogP contribution in [0.15, 0.2) is 12.7 Å². The van der Waals surface area contributed by atoms with Gasteiger partial charge in [0.1, 0.15) is 5.25 Å². The third-order valence-electron chi connectivity index (χ3n) is 1.68. The van der Waals surface area contributed by atoms with Crippen molar-refractivity contribution in [2.75, 3.05) is 6.54 Å². The molecule has 1 fully saturated rings. The SMILES string of the molecule is C=CCN1C(=O)S[C@H](CC(=O)O)C1=O. The highest BCUT2D eigenvalue weighted by molar-refractivity contribution is 8.15. The van der Waals surface area contributed by atoms with E-state index < -0.39 is 22.4 Å². The van der Waals surface area contributed by atoms with Crippen molar-refractivity contribution >= 4 is 28.9 Å². The summed E-state index contributed by atoms with van der Waals surface area (Å²) in [5.41, 5.74) is 0. The lowest BCUT2D eigenvalue weighted by Gasteiger charge is -2.09. The molecule has 1 heterocycles. The molecule has 0 saturated carbocycles. The highest BCUT2D eigenvalue weighted by Crippen LogP contribution is 2.28. The second kappa shape index (κ2) is 4.28. The van der Waals surface area contributed by atoms with E-state index >= 15 is 0 Å². The summed E-state index contributed by atoms with van der Waals surface area (Å²) in [5.74, 6) is -1.52. The van der Waals surface area contributed by atoms with Gasteiger partial charge in [-0.2, -0.15) is 0 Å². The Hall–Kier alpha value is -1.30. The van der Waals surface area contributed by atoms with Crippen molar-refractivity contribution in [3.05, 3.63) is 12.7 Å². The summed E-state index contributed by atoms with van der Waals surface area (Å²) in [7, 11) is 0. The second-order valence-electron chi connectivity index (χ2n) is 2.71. The summed E-state index contributed by atoms with van der Waals surface area (Å²) in [6, 6.07) is 0. The van der Waals surface area contributed by atoms with Gasteiger partial charge in [0.15, 0.2) is 0 Å². The minimum atomic E-state index is -1.08. The van der Waals surface area contributed by atoms with E-state index in [2.05, 4.69) is 6.58 Å². The molecule has 0 aromatic carbocycles. The fraction of sp³-hybridized carbons (Fsp3) is 0.375. The lowest BCUT2D eigenvalue weighted by atomic mass is 10.3. The van der Waals surface area contributed by atoms with Crippen LogP contribution in [-0.2, 0) is 9.59 Å². The van der Waals surface area contributed by atoms with E-state index in [0.717, 1.165) is 16.7 Å². The first-order valence-electron chi connectivity index (χ1n) is 3.91. The standard InChI is InChI=1S/C8H9NO4S/c1-2-3-9-7(12)5(4-6(10)11)14-8(9)13/h2,5H,1,3-4H2,(H,10,11)/t5-/m1/s1. The van der Waals surface area contributed by atoms with Crippen LogP contribution in [0.3, 0.4) is 0 Å². The van der Waals surface area contributed by atoms with Crippen molar-refractivity contribution in [3.8, 4) is 0 Å². The zero-order valence-corrected chi connectivity index (χ0v) is 8.12. The number of amides is 2. The molecule has 0 unspecified atom stereocenters. The van der Waals surface area contributed by atoms with Crippen LogP contribution < -0.4 is 0 Å². The number of carboxylic acid groups (broad SMARTS) is 1. The zero-order valence-electron chi connectivity index (χ0n) is 7.30. The van der Waals surface area contributed by atoms with Crippen molar-refractivity contribution in [2.45, 2.75) is 11.7 Å². The van der Waals surface area contributed by atoms with Crippen molar-refractivity contribution in [1.29, 1.82) is 0 Å². The molecule has 1 aliphatic rings. The smallest absolute Gasteiger partial charge is 0.305 e. The number of nitrogens with zero attached hydrogens (tertiary/aromatic N) is 1. The van der Waals surface area contributed by atoms with Crippen molar-refractivity contribution in [1.82, 2.24) is 4.90 Å². The Kier molecular flexibility index (Phi) is 3.29. The summed E-state index contributed by atoms with van der Waals surface area (Å²) in [4.78, 5) is 34.0. The molecule has 1 N–H and O–H groups in total. The van der Waals surface area contributed by atoms with E-state index in [0.29, 0.717) is 0 Å². The lowest BCUT2D eigenvalue weighted by Crippen LogP contribution is -2.32. The van der Waals surface area contributed by atoms with Crippen LogP contribution in [0.1, 0.15) is 6.42 Å². The molecule has 6 heteroatoms. The molecule has 0 aliphatic carbocycles. The highest BCUT2D eigenvalue weighted by Gasteiger charge is 2.39. The third kappa shape index (κ3) is 2.14. The maximum absolute atomic E-state index is 11.4. The van der Waals surface area contributed by atoms with Crippen LogP contribution in [0.4, 0.5) is 4.79 Å². The van der Waals surface area contributed by atoms with Crippen LogP contribution in [0.5, 0.6) is 0 Å². The minimum absolute atomic E-state index is 0.140.